The van der Waals surface area contributed by atoms with Crippen molar-refractivity contribution >= 4 is 46.2 Å². The fourth-order valence-electron chi connectivity index (χ4n) is 3.61. The first-order valence-corrected chi connectivity index (χ1v) is 12.1. The summed E-state index contributed by atoms with van der Waals surface area (Å²) in [5, 5.41) is 3.23. The standard InChI is InChI=1S/C26H23F2N3O4S/c1-3-17-7-4-6-16(2)23(17)30-22(32)15-36-26-29-21(14-20-8-5-13-34-20)24(33)31(26)18-9-11-19(12-10-18)35-25(27)28/h4-14,25H,3,15H2,1-2H3,(H,30,32). The van der Waals surface area contributed by atoms with Gasteiger partial charge in [0.2, 0.25) is 5.91 Å². The number of amides is 2. The lowest BCUT2D eigenvalue weighted by Crippen LogP contribution is -2.31. The van der Waals surface area contributed by atoms with E-state index in [1.807, 2.05) is 32.0 Å². The molecule has 0 fully saturated rings. The highest BCUT2D eigenvalue weighted by Crippen LogP contribution is 2.31. The van der Waals surface area contributed by atoms with Crippen LogP contribution in [0.25, 0.3) is 6.08 Å². The summed E-state index contributed by atoms with van der Waals surface area (Å²) in [6, 6.07) is 14.8. The lowest BCUT2D eigenvalue weighted by Gasteiger charge is -2.18. The number of carbonyl (C=O) groups is 2. The first-order chi connectivity index (χ1) is 17.4. The van der Waals surface area contributed by atoms with Crippen molar-refractivity contribution in [3.8, 4) is 5.75 Å². The first-order valence-electron chi connectivity index (χ1n) is 11.1. The van der Waals surface area contributed by atoms with Gasteiger partial charge in [-0.15, -0.1) is 0 Å². The van der Waals surface area contributed by atoms with Crippen LogP contribution in [-0.2, 0) is 16.0 Å². The number of halogens is 2. The zero-order valence-electron chi connectivity index (χ0n) is 19.5. The minimum absolute atomic E-state index is 0.000705. The van der Waals surface area contributed by atoms with Gasteiger partial charge in [-0.3, -0.25) is 14.5 Å². The van der Waals surface area contributed by atoms with Gasteiger partial charge in [-0.1, -0.05) is 36.9 Å². The van der Waals surface area contributed by atoms with Crippen LogP contribution in [0.15, 0.2) is 76.0 Å². The van der Waals surface area contributed by atoms with E-state index in [0.29, 0.717) is 11.4 Å². The second kappa shape index (κ2) is 11.2. The number of furan rings is 1. The molecule has 1 aromatic heterocycles. The number of para-hydroxylation sites is 1. The van der Waals surface area contributed by atoms with Crippen molar-refractivity contribution in [2.24, 2.45) is 4.99 Å². The molecule has 0 atom stereocenters. The smallest absolute Gasteiger partial charge is 0.387 e. The molecule has 0 aliphatic carbocycles. The number of anilines is 2. The molecule has 0 radical (unpaired) electrons. The highest BCUT2D eigenvalue weighted by Gasteiger charge is 2.32. The van der Waals surface area contributed by atoms with Gasteiger partial charge in [0.25, 0.3) is 5.91 Å². The molecule has 1 aliphatic rings. The summed E-state index contributed by atoms with van der Waals surface area (Å²) in [5.74, 6) is -0.284. The van der Waals surface area contributed by atoms with Crippen molar-refractivity contribution in [2.75, 3.05) is 16.0 Å². The van der Waals surface area contributed by atoms with Crippen LogP contribution in [0.4, 0.5) is 20.2 Å². The first kappa shape index (κ1) is 25.2. The average Bonchev–Trinajstić information content (AvgIpc) is 3.47. The van der Waals surface area contributed by atoms with Crippen molar-refractivity contribution in [1.29, 1.82) is 0 Å². The number of carbonyl (C=O) groups excluding carboxylic acids is 2. The molecule has 1 aliphatic heterocycles. The number of amidine groups is 1. The predicted molar refractivity (Wildman–Crippen MR) is 136 cm³/mol. The number of rotatable bonds is 8. The largest absolute Gasteiger partial charge is 0.465 e. The molecule has 36 heavy (non-hydrogen) atoms. The second-order valence-corrected chi connectivity index (χ2v) is 8.69. The Morgan fingerprint density at radius 2 is 1.97 bits per heavy atom. The molecule has 4 rings (SSSR count). The maximum absolute atomic E-state index is 13.2. The molecule has 0 saturated heterocycles. The van der Waals surface area contributed by atoms with Crippen molar-refractivity contribution in [2.45, 2.75) is 26.9 Å². The summed E-state index contributed by atoms with van der Waals surface area (Å²) in [5.41, 5.74) is 3.27. The molecule has 2 heterocycles. The molecular formula is C26H23F2N3O4S. The highest BCUT2D eigenvalue weighted by atomic mass is 32.2. The minimum atomic E-state index is -2.96. The molecule has 0 unspecified atom stereocenters. The number of aryl methyl sites for hydroxylation is 2. The summed E-state index contributed by atoms with van der Waals surface area (Å²) >= 11 is 1.09. The molecule has 3 aromatic rings. The number of ether oxygens (including phenoxy) is 1. The van der Waals surface area contributed by atoms with E-state index in [9.17, 15) is 18.4 Å². The van der Waals surface area contributed by atoms with Gasteiger partial charge in [0, 0.05) is 11.8 Å². The summed E-state index contributed by atoms with van der Waals surface area (Å²) in [6.45, 7) is 0.983. The van der Waals surface area contributed by atoms with Crippen molar-refractivity contribution in [3.63, 3.8) is 0 Å². The van der Waals surface area contributed by atoms with Crippen LogP contribution in [0.1, 0.15) is 23.8 Å². The Balaban J connectivity index is 1.55. The normalized spacial score (nSPS) is 14.5. The molecule has 0 saturated carbocycles. The van der Waals surface area contributed by atoms with Crippen LogP contribution in [0.2, 0.25) is 0 Å². The van der Waals surface area contributed by atoms with E-state index in [1.165, 1.54) is 41.5 Å². The number of nitrogens with one attached hydrogen (secondary N) is 1. The van der Waals surface area contributed by atoms with E-state index < -0.39 is 12.5 Å². The quantitative estimate of drug-likeness (QED) is 0.383. The summed E-state index contributed by atoms with van der Waals surface area (Å²) in [6.07, 6.45) is 3.74. The zero-order valence-corrected chi connectivity index (χ0v) is 20.4. The van der Waals surface area contributed by atoms with Crippen LogP contribution < -0.4 is 15.0 Å². The molecule has 1 N–H and O–H groups in total. The summed E-state index contributed by atoms with van der Waals surface area (Å²) in [7, 11) is 0. The van der Waals surface area contributed by atoms with E-state index in [2.05, 4.69) is 15.0 Å². The zero-order chi connectivity index (χ0) is 25.7. The molecule has 2 amide bonds. The molecular weight excluding hydrogens is 488 g/mol. The van der Waals surface area contributed by atoms with Crippen LogP contribution in [0.3, 0.4) is 0 Å². The summed E-state index contributed by atoms with van der Waals surface area (Å²) in [4.78, 5) is 31.7. The number of hydrogen-bond donors (Lipinski definition) is 1. The van der Waals surface area contributed by atoms with E-state index in [1.54, 1.807) is 12.1 Å². The third-order valence-corrected chi connectivity index (χ3v) is 6.25. The van der Waals surface area contributed by atoms with Gasteiger partial charge in [-0.05, 0) is 60.9 Å². The molecule has 10 heteroatoms. The SMILES string of the molecule is CCc1cccc(C)c1NC(=O)CSC1=NC(=Cc2ccco2)C(=O)N1c1ccc(OC(F)F)cc1. The Kier molecular flexibility index (Phi) is 7.84. The van der Waals surface area contributed by atoms with Gasteiger partial charge in [0.1, 0.15) is 17.2 Å². The number of nitrogens with zero attached hydrogens (tertiary/aromatic N) is 2. The Morgan fingerprint density at radius 1 is 1.19 bits per heavy atom. The maximum atomic E-state index is 13.2. The van der Waals surface area contributed by atoms with Gasteiger partial charge < -0.3 is 14.5 Å². The van der Waals surface area contributed by atoms with Gasteiger partial charge >= 0.3 is 6.61 Å². The van der Waals surface area contributed by atoms with Crippen LogP contribution in [0, 0.1) is 6.92 Å². The maximum Gasteiger partial charge on any atom is 0.387 e. The topological polar surface area (TPSA) is 84.1 Å². The Morgan fingerprint density at radius 3 is 2.64 bits per heavy atom. The van der Waals surface area contributed by atoms with E-state index >= 15 is 0 Å². The molecule has 0 bridgehead atoms. The van der Waals surface area contributed by atoms with Crippen LogP contribution in [0.5, 0.6) is 5.75 Å². The lowest BCUT2D eigenvalue weighted by atomic mass is 10.1. The number of alkyl halides is 2. The Labute approximate surface area is 210 Å². The molecule has 186 valence electrons. The minimum Gasteiger partial charge on any atom is -0.465 e. The fourth-order valence-corrected chi connectivity index (χ4v) is 4.43. The van der Waals surface area contributed by atoms with Crippen LogP contribution in [-0.4, -0.2) is 29.3 Å². The number of aliphatic imine (C=N–C) groups is 1. The number of hydrogen-bond acceptors (Lipinski definition) is 6. The molecule has 2 aromatic carbocycles. The van der Waals surface area contributed by atoms with Crippen molar-refractivity contribution in [1.82, 2.24) is 0 Å². The van der Waals surface area contributed by atoms with E-state index in [0.717, 1.165) is 35.0 Å². The van der Waals surface area contributed by atoms with E-state index in [4.69, 9.17) is 4.42 Å². The molecule has 0 spiro atoms. The fraction of sp³-hybridized carbons (Fsp3) is 0.192. The van der Waals surface area contributed by atoms with Gasteiger partial charge in [0.05, 0.1) is 17.7 Å². The van der Waals surface area contributed by atoms with Gasteiger partial charge in [-0.25, -0.2) is 4.99 Å². The Bertz CT molecular complexity index is 1310. The van der Waals surface area contributed by atoms with Gasteiger partial charge in [0.15, 0.2) is 5.17 Å². The van der Waals surface area contributed by atoms with Crippen molar-refractivity contribution in [3.05, 3.63) is 83.4 Å². The van der Waals surface area contributed by atoms with Crippen LogP contribution >= 0.6 is 11.8 Å². The third-order valence-electron chi connectivity index (χ3n) is 5.31. The highest BCUT2D eigenvalue weighted by molar-refractivity contribution is 8.14. The monoisotopic (exact) mass is 511 g/mol. The molecule has 7 nitrogen and oxygen atoms in total. The van der Waals surface area contributed by atoms with Crippen molar-refractivity contribution < 1.29 is 27.5 Å². The third kappa shape index (κ3) is 5.83. The predicted octanol–water partition coefficient (Wildman–Crippen LogP) is 5.87. The average molecular weight is 512 g/mol. The lowest BCUT2D eigenvalue weighted by molar-refractivity contribution is -0.114. The number of benzene rings is 2. The Hall–Kier alpha value is -3.92. The second-order valence-electron chi connectivity index (χ2n) is 7.75. The number of thioether (sulfide) groups is 1. The van der Waals surface area contributed by atoms with E-state index in [-0.39, 0.29) is 28.3 Å². The summed E-state index contributed by atoms with van der Waals surface area (Å²) < 4.78 is 34.7. The van der Waals surface area contributed by atoms with Gasteiger partial charge in [-0.2, -0.15) is 8.78 Å².